The average Bonchev–Trinajstić information content (AvgIpc) is 2.32. The van der Waals surface area contributed by atoms with Crippen molar-refractivity contribution in [1.29, 1.82) is 0 Å². The summed E-state index contributed by atoms with van der Waals surface area (Å²) in [5.41, 5.74) is 0. The van der Waals surface area contributed by atoms with Gasteiger partial charge in [0, 0.05) is 0 Å². The van der Waals surface area contributed by atoms with Crippen molar-refractivity contribution in [1.82, 2.24) is 3.11 Å². The van der Waals surface area contributed by atoms with Crippen molar-refractivity contribution in [3.8, 4) is 0 Å². The molecule has 66 valence electrons. The molecular weight excluding hydrogens is 257 g/mol. The van der Waals surface area contributed by atoms with Crippen LogP contribution in [0.4, 0.5) is 0 Å². The molecule has 0 saturated carbocycles. The molecule has 1 aliphatic rings. The maximum absolute atomic E-state index is 10.7. The van der Waals surface area contributed by atoms with E-state index in [1.54, 1.807) is 0 Å². The van der Waals surface area contributed by atoms with Gasteiger partial charge in [-0.2, -0.15) is 0 Å². The fourth-order valence-electron chi connectivity index (χ4n) is 1.18. The Morgan fingerprint density at radius 1 is 1.73 bits per heavy atom. The Labute approximate surface area is 77.4 Å². The second kappa shape index (κ2) is 3.71. The molecule has 0 amide bonds. The predicted octanol–water partition coefficient (Wildman–Crippen LogP) is -2.44. The van der Waals surface area contributed by atoms with Crippen molar-refractivity contribution in [2.24, 2.45) is 0 Å². The third-order valence-corrected chi connectivity index (χ3v) is 5.36. The van der Waals surface area contributed by atoms with Crippen molar-refractivity contribution >= 4 is 5.97 Å². The van der Waals surface area contributed by atoms with Gasteiger partial charge in [-0.1, -0.05) is 0 Å². The number of alkyl halides is 1. The first-order valence-electron chi connectivity index (χ1n) is 3.73. The van der Waals surface area contributed by atoms with Crippen LogP contribution in [0.25, 0.3) is 0 Å². The second-order valence-corrected chi connectivity index (χ2v) is 5.76. The number of aliphatic carboxylic acids is 1. The molecule has 0 aromatic heterocycles. The van der Waals surface area contributed by atoms with E-state index in [0.29, 0.717) is 6.04 Å². The van der Waals surface area contributed by atoms with Crippen LogP contribution < -0.4 is 21.5 Å². The summed E-state index contributed by atoms with van der Waals surface area (Å²) in [6.45, 7) is 4.14. The van der Waals surface area contributed by atoms with Gasteiger partial charge in [0.15, 0.2) is 0 Å². The third kappa shape index (κ3) is 2.05. The average molecular weight is 270 g/mol. The fraction of sp³-hybridized carbons (Fsp3) is 0.857. The maximum atomic E-state index is 10.7. The zero-order chi connectivity index (χ0) is 8.43. The molecule has 1 N–H and O–H groups in total. The third-order valence-electron chi connectivity index (χ3n) is 1.68. The van der Waals surface area contributed by atoms with Crippen LogP contribution in [-0.4, -0.2) is 30.7 Å². The zero-order valence-corrected chi connectivity index (χ0v) is 8.91. The molecule has 1 saturated heterocycles. The van der Waals surface area contributed by atoms with Gasteiger partial charge < -0.3 is 0 Å². The Balaban J connectivity index is 2.58. The van der Waals surface area contributed by atoms with Gasteiger partial charge in [0.25, 0.3) is 0 Å². The van der Waals surface area contributed by atoms with Gasteiger partial charge in [-0.3, -0.25) is 0 Å². The molecular formula is C7H13INO2-. The van der Waals surface area contributed by atoms with E-state index in [4.69, 9.17) is 5.11 Å². The molecule has 0 spiro atoms. The molecule has 4 heteroatoms. The van der Waals surface area contributed by atoms with Crippen LogP contribution in [0, 0.1) is 0 Å². The van der Waals surface area contributed by atoms with Gasteiger partial charge in [-0.15, -0.1) is 0 Å². The van der Waals surface area contributed by atoms with Crippen molar-refractivity contribution in [3.05, 3.63) is 0 Å². The molecule has 1 heterocycles. The first-order chi connectivity index (χ1) is 5.13. The normalized spacial score (nSPS) is 27.0. The Bertz CT molecular complexity index is 161. The van der Waals surface area contributed by atoms with E-state index in [9.17, 15) is 4.79 Å². The van der Waals surface area contributed by atoms with Gasteiger partial charge in [0.1, 0.15) is 0 Å². The van der Waals surface area contributed by atoms with E-state index >= 15 is 0 Å². The van der Waals surface area contributed by atoms with Crippen LogP contribution >= 0.6 is 0 Å². The van der Waals surface area contributed by atoms with Crippen LogP contribution in [0.5, 0.6) is 0 Å². The van der Waals surface area contributed by atoms with E-state index < -0.39 is 5.97 Å². The summed E-state index contributed by atoms with van der Waals surface area (Å²) in [6.07, 6.45) is 0.862. The van der Waals surface area contributed by atoms with Gasteiger partial charge in [-0.25, -0.2) is 0 Å². The summed E-state index contributed by atoms with van der Waals surface area (Å²) in [5.74, 6) is -0.643. The van der Waals surface area contributed by atoms with Gasteiger partial charge in [-0.05, 0) is 0 Å². The van der Waals surface area contributed by atoms with Crippen molar-refractivity contribution in [3.63, 3.8) is 0 Å². The molecule has 0 aromatic carbocycles. The standard InChI is InChI=1S/C7H13INO2/c1-5(2)9-6(7(10)11)3-4-8-9/h5-6H,3-4H2,1-2H3,(H,10,11)/q-1. The van der Waals surface area contributed by atoms with E-state index in [2.05, 4.69) is 17.0 Å². The number of carboxylic acids is 1. The van der Waals surface area contributed by atoms with E-state index in [1.165, 1.54) is 0 Å². The minimum absolute atomic E-state index is 0.0148. The molecule has 0 bridgehead atoms. The Hall–Kier alpha value is 0.160. The number of carbonyl (C=O) groups is 1. The quantitative estimate of drug-likeness (QED) is 0.344. The summed E-state index contributed by atoms with van der Waals surface area (Å²) in [4.78, 5) is 10.7. The topological polar surface area (TPSA) is 40.5 Å². The summed E-state index contributed by atoms with van der Waals surface area (Å²) in [7, 11) is 0. The van der Waals surface area contributed by atoms with Crippen molar-refractivity contribution in [2.45, 2.75) is 32.4 Å². The molecule has 1 fully saturated rings. The van der Waals surface area contributed by atoms with Gasteiger partial charge in [0.05, 0.1) is 0 Å². The molecule has 1 atom stereocenters. The van der Waals surface area contributed by atoms with Gasteiger partial charge >= 0.3 is 77.2 Å². The number of halogens is 1. The van der Waals surface area contributed by atoms with Crippen LogP contribution in [-0.2, 0) is 4.79 Å². The Morgan fingerprint density at radius 3 is 2.73 bits per heavy atom. The van der Waals surface area contributed by atoms with Crippen molar-refractivity contribution < 1.29 is 31.4 Å². The predicted molar refractivity (Wildman–Crippen MR) is 37.9 cm³/mol. The molecule has 1 unspecified atom stereocenters. The van der Waals surface area contributed by atoms with Crippen LogP contribution in [0.15, 0.2) is 0 Å². The second-order valence-electron chi connectivity index (χ2n) is 2.89. The Kier molecular flexibility index (Phi) is 3.12. The Morgan fingerprint density at radius 2 is 2.36 bits per heavy atom. The number of carboxylic acid groups (broad SMARTS) is 1. The summed E-state index contributed by atoms with van der Waals surface area (Å²) in [6, 6.07) is 0.231. The molecule has 0 aliphatic carbocycles. The summed E-state index contributed by atoms with van der Waals surface area (Å²) < 4.78 is 3.29. The molecule has 1 rings (SSSR count). The number of hydrogen-bond donors (Lipinski definition) is 1. The van der Waals surface area contributed by atoms with Crippen LogP contribution in [0.1, 0.15) is 20.3 Å². The number of nitrogens with zero attached hydrogens (tertiary/aromatic N) is 1. The first-order valence-corrected chi connectivity index (χ1v) is 6.22. The number of hydrogen-bond acceptors (Lipinski definition) is 2. The monoisotopic (exact) mass is 270 g/mol. The fourth-order valence-corrected chi connectivity index (χ4v) is 4.39. The molecule has 1 aliphatic heterocycles. The van der Waals surface area contributed by atoms with E-state index in [1.807, 2.05) is 0 Å². The van der Waals surface area contributed by atoms with Gasteiger partial charge in [0.2, 0.25) is 0 Å². The van der Waals surface area contributed by atoms with Crippen LogP contribution in [0.2, 0.25) is 0 Å². The molecule has 11 heavy (non-hydrogen) atoms. The van der Waals surface area contributed by atoms with Crippen molar-refractivity contribution in [2.75, 3.05) is 4.43 Å². The minimum atomic E-state index is -0.643. The summed E-state index contributed by atoms with van der Waals surface area (Å²) in [5, 5.41) is 8.81. The molecule has 0 aromatic rings. The summed E-state index contributed by atoms with van der Waals surface area (Å²) >= 11 is 0.0148. The SMILES string of the molecule is CC(C)N1[I-]CCC1C(=O)O. The van der Waals surface area contributed by atoms with E-state index in [-0.39, 0.29) is 27.5 Å². The zero-order valence-electron chi connectivity index (χ0n) is 6.75. The molecule has 3 nitrogen and oxygen atoms in total. The van der Waals surface area contributed by atoms with Crippen LogP contribution in [0.3, 0.4) is 0 Å². The molecule has 0 radical (unpaired) electrons. The first kappa shape index (κ1) is 9.25. The van der Waals surface area contributed by atoms with E-state index in [0.717, 1.165) is 10.8 Å². The number of rotatable bonds is 2.